The normalized spacial score (nSPS) is 10.6. The molecular formula is C10H15FN4O2. The fourth-order valence-corrected chi connectivity index (χ4v) is 1.29. The molecule has 1 rings (SSSR count). The first kappa shape index (κ1) is 13.2. The van der Waals surface area contributed by atoms with E-state index in [0.717, 1.165) is 12.6 Å². The summed E-state index contributed by atoms with van der Waals surface area (Å²) in [4.78, 5) is 11.7. The minimum atomic E-state index is -0.706. The maximum atomic E-state index is 13.5. The predicted octanol–water partition coefficient (Wildman–Crippen LogP) is 1.29. The fourth-order valence-electron chi connectivity index (χ4n) is 1.29. The molecule has 0 amide bonds. The summed E-state index contributed by atoms with van der Waals surface area (Å²) < 4.78 is 13.5. The van der Waals surface area contributed by atoms with Crippen LogP contribution in [-0.2, 0) is 0 Å². The van der Waals surface area contributed by atoms with Crippen LogP contribution in [0.3, 0.4) is 0 Å². The van der Waals surface area contributed by atoms with Crippen molar-refractivity contribution in [3.8, 4) is 0 Å². The highest BCUT2D eigenvalue weighted by molar-refractivity contribution is 5.66. The van der Waals surface area contributed by atoms with Crippen molar-refractivity contribution in [2.24, 2.45) is 0 Å². The Balaban J connectivity index is 2.81. The van der Waals surface area contributed by atoms with E-state index < -0.39 is 16.4 Å². The molecule has 17 heavy (non-hydrogen) atoms. The molecular weight excluding hydrogens is 227 g/mol. The molecule has 0 fully saturated rings. The van der Waals surface area contributed by atoms with Crippen LogP contribution < -0.4 is 11.1 Å². The molecule has 3 N–H and O–H groups in total. The molecule has 94 valence electrons. The maximum absolute atomic E-state index is 13.5. The van der Waals surface area contributed by atoms with Crippen LogP contribution >= 0.6 is 0 Å². The van der Waals surface area contributed by atoms with Crippen LogP contribution in [0.1, 0.15) is 0 Å². The molecule has 1 aromatic rings. The third-order valence-electron chi connectivity index (χ3n) is 2.19. The number of anilines is 2. The van der Waals surface area contributed by atoms with E-state index in [1.165, 1.54) is 6.07 Å². The molecule has 6 nitrogen and oxygen atoms in total. The quantitative estimate of drug-likeness (QED) is 0.461. The van der Waals surface area contributed by atoms with Gasteiger partial charge < -0.3 is 16.0 Å². The number of nitrogens with zero attached hydrogens (tertiary/aromatic N) is 2. The Morgan fingerprint density at radius 2 is 2.18 bits per heavy atom. The zero-order valence-corrected chi connectivity index (χ0v) is 9.74. The molecule has 7 heteroatoms. The van der Waals surface area contributed by atoms with Crippen molar-refractivity contribution in [1.82, 2.24) is 4.90 Å². The molecule has 0 saturated carbocycles. The van der Waals surface area contributed by atoms with Crippen molar-refractivity contribution in [3.63, 3.8) is 0 Å². The van der Waals surface area contributed by atoms with Gasteiger partial charge in [-0.05, 0) is 20.2 Å². The highest BCUT2D eigenvalue weighted by Gasteiger charge is 2.15. The minimum absolute atomic E-state index is 0.0521. The van der Waals surface area contributed by atoms with Crippen molar-refractivity contribution in [2.75, 3.05) is 38.2 Å². The lowest BCUT2D eigenvalue weighted by Gasteiger charge is -2.12. The first-order valence-electron chi connectivity index (χ1n) is 5.04. The Morgan fingerprint density at radius 3 is 2.71 bits per heavy atom. The summed E-state index contributed by atoms with van der Waals surface area (Å²) in [7, 11) is 3.78. The molecule has 0 aliphatic carbocycles. The predicted molar refractivity (Wildman–Crippen MR) is 64.5 cm³/mol. The minimum Gasteiger partial charge on any atom is -0.393 e. The fraction of sp³-hybridized carbons (Fsp3) is 0.400. The molecule has 0 saturated heterocycles. The van der Waals surface area contributed by atoms with Gasteiger partial charge in [-0.25, -0.2) is 4.39 Å². The number of nitrogen functional groups attached to an aromatic ring is 1. The lowest BCUT2D eigenvalue weighted by molar-refractivity contribution is -0.384. The Kier molecular flexibility index (Phi) is 4.22. The first-order chi connectivity index (χ1) is 7.91. The molecule has 0 radical (unpaired) electrons. The van der Waals surface area contributed by atoms with Crippen molar-refractivity contribution < 1.29 is 9.31 Å². The van der Waals surface area contributed by atoms with Crippen LogP contribution in [0.15, 0.2) is 12.1 Å². The van der Waals surface area contributed by atoms with Gasteiger partial charge in [-0.2, -0.15) is 0 Å². The van der Waals surface area contributed by atoms with Gasteiger partial charge in [0.25, 0.3) is 5.69 Å². The Bertz CT molecular complexity index is 423. The van der Waals surface area contributed by atoms with Gasteiger partial charge in [0.05, 0.1) is 16.7 Å². The van der Waals surface area contributed by atoms with Gasteiger partial charge in [0.2, 0.25) is 0 Å². The van der Waals surface area contributed by atoms with Gasteiger partial charge in [0.15, 0.2) is 5.82 Å². The number of nitrogens with two attached hydrogens (primary N) is 1. The number of nitro groups is 1. The highest BCUT2D eigenvalue weighted by atomic mass is 19.1. The maximum Gasteiger partial charge on any atom is 0.295 e. The molecule has 0 aromatic heterocycles. The molecule has 0 atom stereocenters. The van der Waals surface area contributed by atoms with Crippen LogP contribution in [0.5, 0.6) is 0 Å². The third-order valence-corrected chi connectivity index (χ3v) is 2.19. The first-order valence-corrected chi connectivity index (χ1v) is 5.04. The Hall–Kier alpha value is -1.89. The van der Waals surface area contributed by atoms with E-state index in [-0.39, 0.29) is 11.4 Å². The molecule has 0 aliphatic rings. The largest absolute Gasteiger partial charge is 0.393 e. The molecule has 0 aliphatic heterocycles. The van der Waals surface area contributed by atoms with Gasteiger partial charge in [-0.3, -0.25) is 10.1 Å². The second-order valence-corrected chi connectivity index (χ2v) is 3.88. The van der Waals surface area contributed by atoms with E-state index in [2.05, 4.69) is 5.32 Å². The average Bonchev–Trinajstić information content (AvgIpc) is 2.21. The summed E-state index contributed by atoms with van der Waals surface area (Å²) >= 11 is 0. The zero-order valence-electron chi connectivity index (χ0n) is 9.74. The summed E-state index contributed by atoms with van der Waals surface area (Å²) in [6.07, 6.45) is 0. The lowest BCUT2D eigenvalue weighted by Crippen LogP contribution is -2.21. The van der Waals surface area contributed by atoms with Gasteiger partial charge >= 0.3 is 0 Å². The molecule has 0 unspecified atom stereocenters. The third kappa shape index (κ3) is 3.56. The van der Waals surface area contributed by atoms with Crippen LogP contribution in [0, 0.1) is 15.9 Å². The molecule has 0 heterocycles. The van der Waals surface area contributed by atoms with Gasteiger partial charge in [-0.1, -0.05) is 0 Å². The number of hydrogen-bond acceptors (Lipinski definition) is 5. The van der Waals surface area contributed by atoms with Crippen LogP contribution in [0.2, 0.25) is 0 Å². The van der Waals surface area contributed by atoms with Crippen molar-refractivity contribution in [3.05, 3.63) is 28.1 Å². The standard InChI is InChI=1S/C10H15FN4O2/c1-14(2)4-3-13-9-6-8(12)10(15(16)17)5-7(9)11/h5-6,13H,3-4,12H2,1-2H3. The second kappa shape index (κ2) is 5.44. The number of benzene rings is 1. The summed E-state index contributed by atoms with van der Waals surface area (Å²) in [6, 6.07) is 2.07. The van der Waals surface area contributed by atoms with Crippen molar-refractivity contribution in [1.29, 1.82) is 0 Å². The van der Waals surface area contributed by atoms with Crippen LogP contribution in [0.4, 0.5) is 21.5 Å². The molecule has 1 aromatic carbocycles. The van der Waals surface area contributed by atoms with Crippen molar-refractivity contribution >= 4 is 17.1 Å². The summed E-state index contributed by atoms with van der Waals surface area (Å²) in [5, 5.41) is 13.4. The summed E-state index contributed by atoms with van der Waals surface area (Å²) in [5.41, 5.74) is 5.17. The van der Waals surface area contributed by atoms with Crippen molar-refractivity contribution in [2.45, 2.75) is 0 Å². The van der Waals surface area contributed by atoms with E-state index in [1.54, 1.807) is 0 Å². The number of likely N-dealkylation sites (N-methyl/N-ethyl adjacent to an activating group) is 1. The van der Waals surface area contributed by atoms with E-state index >= 15 is 0 Å². The lowest BCUT2D eigenvalue weighted by atomic mass is 10.2. The monoisotopic (exact) mass is 242 g/mol. The van der Waals surface area contributed by atoms with E-state index in [9.17, 15) is 14.5 Å². The van der Waals surface area contributed by atoms with E-state index in [1.807, 2.05) is 19.0 Å². The van der Waals surface area contributed by atoms with E-state index in [0.29, 0.717) is 6.54 Å². The Morgan fingerprint density at radius 1 is 1.53 bits per heavy atom. The van der Waals surface area contributed by atoms with Crippen LogP contribution in [-0.4, -0.2) is 37.0 Å². The topological polar surface area (TPSA) is 84.4 Å². The summed E-state index contributed by atoms with van der Waals surface area (Å²) in [6.45, 7) is 1.25. The van der Waals surface area contributed by atoms with Gasteiger partial charge in [0, 0.05) is 13.1 Å². The number of nitro benzene ring substituents is 1. The van der Waals surface area contributed by atoms with Gasteiger partial charge in [0.1, 0.15) is 5.69 Å². The SMILES string of the molecule is CN(C)CCNc1cc(N)c([N+](=O)[O-])cc1F. The van der Waals surface area contributed by atoms with E-state index in [4.69, 9.17) is 5.73 Å². The molecule has 0 spiro atoms. The molecule has 0 bridgehead atoms. The number of nitrogens with one attached hydrogen (secondary N) is 1. The Labute approximate surface area is 98.4 Å². The smallest absolute Gasteiger partial charge is 0.295 e. The van der Waals surface area contributed by atoms with Gasteiger partial charge in [-0.15, -0.1) is 0 Å². The summed E-state index contributed by atoms with van der Waals surface area (Å²) in [5.74, 6) is -0.676. The van der Waals surface area contributed by atoms with Crippen LogP contribution in [0.25, 0.3) is 0 Å². The number of rotatable bonds is 5. The average molecular weight is 242 g/mol. The number of hydrogen-bond donors (Lipinski definition) is 2. The second-order valence-electron chi connectivity index (χ2n) is 3.88. The number of halogens is 1. The highest BCUT2D eigenvalue weighted by Crippen LogP contribution is 2.27. The zero-order chi connectivity index (χ0) is 13.0.